The molecule has 2 aliphatic rings. The van der Waals surface area contributed by atoms with E-state index in [2.05, 4.69) is 20.2 Å². The lowest BCUT2D eigenvalue weighted by molar-refractivity contribution is -0.123. The Morgan fingerprint density at radius 1 is 1.26 bits per heavy atom. The minimum absolute atomic E-state index is 0.118. The molecule has 1 saturated heterocycles. The highest BCUT2D eigenvalue weighted by Crippen LogP contribution is 2.33. The molecule has 0 radical (unpaired) electrons. The molecule has 1 aromatic carbocycles. The third-order valence-corrected chi connectivity index (χ3v) is 6.89. The predicted octanol–water partition coefficient (Wildman–Crippen LogP) is 3.66. The number of carbonyl (C=O) groups is 1. The highest BCUT2D eigenvalue weighted by atomic mass is 19.1. The number of nitrogens with one attached hydrogen (secondary N) is 2. The minimum Gasteiger partial charge on any atom is -0.453 e. The van der Waals surface area contributed by atoms with Crippen molar-refractivity contribution in [3.8, 4) is 11.5 Å². The lowest BCUT2D eigenvalue weighted by atomic mass is 10.0. The maximum absolute atomic E-state index is 14.8. The van der Waals surface area contributed by atoms with Gasteiger partial charge < -0.3 is 25.7 Å². The maximum Gasteiger partial charge on any atom is 0.237 e. The van der Waals surface area contributed by atoms with Gasteiger partial charge in [-0.05, 0) is 74.3 Å². The third kappa shape index (κ3) is 5.23. The Kier molecular flexibility index (Phi) is 6.52. The van der Waals surface area contributed by atoms with E-state index in [0.717, 1.165) is 42.8 Å². The number of rotatable bonds is 8. The number of fused-ring (bicyclic) bond motifs is 1. The number of aromatic amines is 1. The summed E-state index contributed by atoms with van der Waals surface area (Å²) < 4.78 is 20.7. The lowest BCUT2D eigenvalue weighted by Crippen LogP contribution is -2.50. The van der Waals surface area contributed by atoms with E-state index >= 15 is 0 Å². The Morgan fingerprint density at radius 3 is 2.79 bits per heavy atom. The topological polar surface area (TPSA) is 96.3 Å². The van der Waals surface area contributed by atoms with Crippen molar-refractivity contribution in [2.45, 2.75) is 51.1 Å². The third-order valence-electron chi connectivity index (χ3n) is 6.89. The van der Waals surface area contributed by atoms with Crippen LogP contribution in [0.4, 0.5) is 4.39 Å². The number of hydrogen-bond donors (Lipinski definition) is 3. The van der Waals surface area contributed by atoms with Crippen LogP contribution in [0.5, 0.6) is 11.5 Å². The molecule has 1 atom stereocenters. The van der Waals surface area contributed by atoms with Crippen molar-refractivity contribution in [1.29, 1.82) is 0 Å². The maximum atomic E-state index is 14.8. The molecule has 3 heterocycles. The first-order valence-electron chi connectivity index (χ1n) is 12.1. The first-order chi connectivity index (χ1) is 16.5. The number of aromatic nitrogens is 2. The van der Waals surface area contributed by atoms with Gasteiger partial charge in [-0.1, -0.05) is 6.07 Å². The summed E-state index contributed by atoms with van der Waals surface area (Å²) in [5.74, 6) is 0.873. The number of carbonyl (C=O) groups excluding carboxylic acids is 1. The van der Waals surface area contributed by atoms with E-state index in [0.29, 0.717) is 17.0 Å². The molecule has 0 spiro atoms. The van der Waals surface area contributed by atoms with E-state index in [4.69, 9.17) is 10.5 Å². The van der Waals surface area contributed by atoms with Gasteiger partial charge in [0.15, 0.2) is 11.6 Å². The fraction of sp³-hybridized carbons (Fsp3) is 0.462. The smallest absolute Gasteiger partial charge is 0.237 e. The summed E-state index contributed by atoms with van der Waals surface area (Å²) in [6.45, 7) is 5.18. The van der Waals surface area contributed by atoms with Crippen LogP contribution in [-0.4, -0.2) is 52.5 Å². The predicted molar refractivity (Wildman–Crippen MR) is 129 cm³/mol. The molecule has 34 heavy (non-hydrogen) atoms. The molecule has 1 aliphatic carbocycles. The molecule has 1 unspecified atom stereocenters. The number of aryl methyl sites for hydroxylation is 1. The van der Waals surface area contributed by atoms with Crippen molar-refractivity contribution in [1.82, 2.24) is 20.2 Å². The number of H-pyrrole nitrogens is 1. The second-order valence-electron chi connectivity index (χ2n) is 9.71. The summed E-state index contributed by atoms with van der Waals surface area (Å²) in [6.07, 6.45) is 8.35. The molecule has 8 heteroatoms. The summed E-state index contributed by atoms with van der Waals surface area (Å²) in [7, 11) is 0. The second-order valence-corrected chi connectivity index (χ2v) is 9.71. The van der Waals surface area contributed by atoms with E-state index in [1.807, 2.05) is 13.1 Å². The summed E-state index contributed by atoms with van der Waals surface area (Å²) in [4.78, 5) is 22.5. The Labute approximate surface area is 198 Å². The number of ether oxygens (including phenoxy) is 1. The zero-order chi connectivity index (χ0) is 23.7. The molecule has 2 aromatic heterocycles. The number of hydrogen-bond acceptors (Lipinski definition) is 5. The van der Waals surface area contributed by atoms with Gasteiger partial charge in [0.05, 0.1) is 11.4 Å². The summed E-state index contributed by atoms with van der Waals surface area (Å²) >= 11 is 0. The van der Waals surface area contributed by atoms with Crippen molar-refractivity contribution in [3.63, 3.8) is 0 Å². The Hall–Kier alpha value is -2.97. The van der Waals surface area contributed by atoms with Gasteiger partial charge in [-0.15, -0.1) is 0 Å². The van der Waals surface area contributed by atoms with Crippen LogP contribution < -0.4 is 15.8 Å². The largest absolute Gasteiger partial charge is 0.453 e. The Balaban J connectivity index is 1.16. The van der Waals surface area contributed by atoms with E-state index in [-0.39, 0.29) is 24.1 Å². The molecule has 1 aliphatic heterocycles. The van der Waals surface area contributed by atoms with Crippen molar-refractivity contribution in [2.75, 3.05) is 19.6 Å². The first kappa shape index (κ1) is 22.8. The van der Waals surface area contributed by atoms with Crippen LogP contribution in [0.1, 0.15) is 36.8 Å². The van der Waals surface area contributed by atoms with Gasteiger partial charge in [0.1, 0.15) is 11.4 Å². The molecular weight excluding hydrogens is 433 g/mol. The fourth-order valence-corrected chi connectivity index (χ4v) is 4.72. The second kappa shape index (κ2) is 9.72. The molecule has 4 N–H and O–H groups in total. The highest BCUT2D eigenvalue weighted by Gasteiger charge is 2.28. The number of piperidine rings is 1. The first-order valence-corrected chi connectivity index (χ1v) is 12.1. The molecule has 0 bridgehead atoms. The van der Waals surface area contributed by atoms with Crippen LogP contribution >= 0.6 is 0 Å². The summed E-state index contributed by atoms with van der Waals surface area (Å²) in [6, 6.07) is 5.88. The van der Waals surface area contributed by atoms with Crippen LogP contribution in [0.2, 0.25) is 0 Å². The number of benzene rings is 1. The molecule has 1 amide bonds. The number of halogens is 1. The van der Waals surface area contributed by atoms with E-state index < -0.39 is 11.9 Å². The highest BCUT2D eigenvalue weighted by molar-refractivity contribution is 5.86. The van der Waals surface area contributed by atoms with Crippen LogP contribution in [0.15, 0.2) is 36.7 Å². The van der Waals surface area contributed by atoms with Crippen molar-refractivity contribution < 1.29 is 13.9 Å². The molecule has 3 aromatic rings. The SMILES string of the molecule is Cc1c[nH]c2nccc(Oc3ccc(CC(N)C(=O)NC4CCN(CC5CC5)CC4)cc3F)c12. The Morgan fingerprint density at radius 2 is 2.06 bits per heavy atom. The van der Waals surface area contributed by atoms with Crippen LogP contribution in [-0.2, 0) is 11.2 Å². The lowest BCUT2D eigenvalue weighted by Gasteiger charge is -2.32. The van der Waals surface area contributed by atoms with Crippen molar-refractivity contribution in [2.24, 2.45) is 11.7 Å². The van der Waals surface area contributed by atoms with E-state index in [9.17, 15) is 9.18 Å². The van der Waals surface area contributed by atoms with Crippen LogP contribution in [0, 0.1) is 18.7 Å². The molecule has 7 nitrogen and oxygen atoms in total. The zero-order valence-corrected chi connectivity index (χ0v) is 19.5. The van der Waals surface area contributed by atoms with Gasteiger partial charge in [-0.25, -0.2) is 9.37 Å². The molecule has 2 fully saturated rings. The van der Waals surface area contributed by atoms with E-state index in [1.54, 1.807) is 24.4 Å². The fourth-order valence-electron chi connectivity index (χ4n) is 4.72. The number of nitrogens with two attached hydrogens (primary N) is 1. The van der Waals surface area contributed by atoms with E-state index in [1.165, 1.54) is 25.5 Å². The number of nitrogens with zero attached hydrogens (tertiary/aromatic N) is 2. The van der Waals surface area contributed by atoms with Crippen LogP contribution in [0.3, 0.4) is 0 Å². The zero-order valence-electron chi connectivity index (χ0n) is 19.5. The molecular formula is C26H32FN5O2. The minimum atomic E-state index is -0.724. The molecule has 5 rings (SSSR count). The van der Waals surface area contributed by atoms with Gasteiger partial charge in [-0.3, -0.25) is 4.79 Å². The van der Waals surface area contributed by atoms with Crippen LogP contribution in [0.25, 0.3) is 11.0 Å². The van der Waals surface area contributed by atoms with Crippen molar-refractivity contribution in [3.05, 3.63) is 53.6 Å². The number of likely N-dealkylation sites (tertiary alicyclic amines) is 1. The summed E-state index contributed by atoms with van der Waals surface area (Å²) in [5.41, 5.74) is 8.48. The van der Waals surface area contributed by atoms with Gasteiger partial charge in [-0.2, -0.15) is 0 Å². The number of amides is 1. The quantitative estimate of drug-likeness (QED) is 0.472. The average Bonchev–Trinajstić information content (AvgIpc) is 3.56. The molecule has 1 saturated carbocycles. The number of pyridine rings is 1. The average molecular weight is 466 g/mol. The van der Waals surface area contributed by atoms with Gasteiger partial charge in [0.2, 0.25) is 5.91 Å². The van der Waals surface area contributed by atoms with Gasteiger partial charge in [0.25, 0.3) is 0 Å². The van der Waals surface area contributed by atoms with Gasteiger partial charge in [0, 0.05) is 38.1 Å². The summed E-state index contributed by atoms with van der Waals surface area (Å²) in [5, 5.41) is 3.91. The normalized spacial score (nSPS) is 18.2. The van der Waals surface area contributed by atoms with Crippen molar-refractivity contribution >= 4 is 16.9 Å². The Bertz CT molecular complexity index is 1170. The monoisotopic (exact) mass is 465 g/mol. The van der Waals surface area contributed by atoms with Gasteiger partial charge >= 0.3 is 0 Å². The molecule has 180 valence electrons. The standard InChI is InChI=1S/C26H32FN5O2/c1-16-14-30-25-24(16)23(6-9-29-25)34-22-5-4-18(12-20(22)27)13-21(28)26(33)31-19-7-10-32(11-8-19)15-17-2-3-17/h4-6,9,12,14,17,19,21H,2-3,7-8,10-11,13,15,28H2,1H3,(H,29,30)(H,31,33).